The van der Waals surface area contributed by atoms with Crippen LogP contribution in [-0.2, 0) is 28.4 Å². The zero-order valence-electron chi connectivity index (χ0n) is 14.6. The minimum Gasteiger partial charge on any atom is -0.370 e. The largest absolute Gasteiger partial charge is 0.370 e. The minimum absolute atomic E-state index is 0.0752. The second-order valence-electron chi connectivity index (χ2n) is 6.28. The van der Waals surface area contributed by atoms with E-state index in [-0.39, 0.29) is 5.91 Å². The summed E-state index contributed by atoms with van der Waals surface area (Å²) in [6.07, 6.45) is 0. The molecular weight excluding hydrogens is 388 g/mol. The summed E-state index contributed by atoms with van der Waals surface area (Å²) in [5, 5.41) is 3.05. The third kappa shape index (κ3) is 6.28. The molecule has 1 saturated heterocycles. The molecule has 1 aromatic carbocycles. The Balaban J connectivity index is 1.44. The van der Waals surface area contributed by atoms with Crippen LogP contribution in [-0.4, -0.2) is 38.0 Å². The molecule has 140 valence electrons. The average Bonchev–Trinajstić information content (AvgIpc) is 3.07. The fourth-order valence-corrected chi connectivity index (χ4v) is 4.98. The van der Waals surface area contributed by atoms with Gasteiger partial charge in [0.15, 0.2) is 0 Å². The molecule has 4 nitrogen and oxygen atoms in total. The third-order valence-electron chi connectivity index (χ3n) is 4.34. The predicted octanol–water partition coefficient (Wildman–Crippen LogP) is 2.37. The third-order valence-corrected chi connectivity index (χ3v) is 6.74. The number of thioether (sulfide) groups is 1. The molecule has 1 aliphatic rings. The monoisotopic (exact) mass is 411 g/mol. The summed E-state index contributed by atoms with van der Waals surface area (Å²) in [7, 11) is 0. The summed E-state index contributed by atoms with van der Waals surface area (Å²) < 4.78 is 6.23. The van der Waals surface area contributed by atoms with Gasteiger partial charge in [-0.25, -0.2) is 0 Å². The Morgan fingerprint density at radius 3 is 2.69 bits per heavy atom. The molecular formula is C19H24ClN2O2S2+. The molecule has 0 atom stereocenters. The Morgan fingerprint density at radius 2 is 1.96 bits per heavy atom. The van der Waals surface area contributed by atoms with E-state index >= 15 is 0 Å². The first-order valence-electron chi connectivity index (χ1n) is 8.77. The predicted molar refractivity (Wildman–Crippen MR) is 109 cm³/mol. The fraction of sp³-hybridized carbons (Fsp3) is 0.421. The van der Waals surface area contributed by atoms with Crippen LogP contribution in [0.5, 0.6) is 0 Å². The molecule has 0 unspecified atom stereocenters. The lowest BCUT2D eigenvalue weighted by Gasteiger charge is -2.24. The number of halogens is 1. The molecule has 3 rings (SSSR count). The number of nitrogens with one attached hydrogen (secondary N) is 2. The van der Waals surface area contributed by atoms with Crippen molar-refractivity contribution in [3.8, 4) is 0 Å². The van der Waals surface area contributed by atoms with Crippen molar-refractivity contribution < 1.29 is 14.4 Å². The number of morpholine rings is 1. The molecule has 1 fully saturated rings. The van der Waals surface area contributed by atoms with Crippen LogP contribution < -0.4 is 10.2 Å². The highest BCUT2D eigenvalue weighted by atomic mass is 35.5. The van der Waals surface area contributed by atoms with Crippen LogP contribution in [0.4, 0.5) is 0 Å². The summed E-state index contributed by atoms with van der Waals surface area (Å²) in [5.74, 6) is 1.36. The zero-order valence-corrected chi connectivity index (χ0v) is 17.0. The molecule has 26 heavy (non-hydrogen) atoms. The van der Waals surface area contributed by atoms with Gasteiger partial charge in [-0.3, -0.25) is 4.79 Å². The van der Waals surface area contributed by atoms with Gasteiger partial charge in [0.1, 0.15) is 19.6 Å². The van der Waals surface area contributed by atoms with Gasteiger partial charge >= 0.3 is 0 Å². The van der Waals surface area contributed by atoms with Crippen molar-refractivity contribution in [1.29, 1.82) is 0 Å². The maximum atomic E-state index is 12.1. The van der Waals surface area contributed by atoms with Crippen molar-refractivity contribution >= 4 is 40.6 Å². The lowest BCUT2D eigenvalue weighted by molar-refractivity contribution is -0.921. The van der Waals surface area contributed by atoms with Crippen molar-refractivity contribution in [3.05, 3.63) is 56.7 Å². The zero-order chi connectivity index (χ0) is 18.2. The maximum Gasteiger partial charge on any atom is 0.230 e. The highest BCUT2D eigenvalue weighted by molar-refractivity contribution is 7.99. The van der Waals surface area contributed by atoms with Crippen molar-refractivity contribution in [3.63, 3.8) is 0 Å². The van der Waals surface area contributed by atoms with Crippen LogP contribution in [0.15, 0.2) is 36.4 Å². The van der Waals surface area contributed by atoms with Gasteiger partial charge in [-0.15, -0.1) is 23.1 Å². The normalized spacial score (nSPS) is 15.1. The number of thiophene rings is 1. The number of rotatable bonds is 8. The highest BCUT2D eigenvalue weighted by Crippen LogP contribution is 2.25. The molecule has 0 spiro atoms. The minimum atomic E-state index is 0.0752. The van der Waals surface area contributed by atoms with Gasteiger partial charge < -0.3 is 15.0 Å². The molecule has 0 saturated carbocycles. The van der Waals surface area contributed by atoms with E-state index in [0.29, 0.717) is 12.3 Å². The Labute approximate surface area is 167 Å². The topological polar surface area (TPSA) is 42.8 Å². The molecule has 1 aliphatic heterocycles. The van der Waals surface area contributed by atoms with E-state index in [1.165, 1.54) is 16.0 Å². The van der Waals surface area contributed by atoms with Crippen LogP contribution in [0.1, 0.15) is 16.0 Å². The van der Waals surface area contributed by atoms with Gasteiger partial charge in [0.05, 0.1) is 23.3 Å². The maximum absolute atomic E-state index is 12.1. The number of carbonyl (C=O) groups is 1. The summed E-state index contributed by atoms with van der Waals surface area (Å²) in [6.45, 7) is 5.34. The van der Waals surface area contributed by atoms with Crippen LogP contribution in [0.25, 0.3) is 0 Å². The Bertz CT molecular complexity index is 717. The van der Waals surface area contributed by atoms with Gasteiger partial charge in [-0.2, -0.15) is 0 Å². The van der Waals surface area contributed by atoms with Gasteiger partial charge in [-0.05, 0) is 17.7 Å². The smallest absolute Gasteiger partial charge is 0.230 e. The van der Waals surface area contributed by atoms with Crippen molar-refractivity contribution in [2.45, 2.75) is 18.8 Å². The first-order valence-corrected chi connectivity index (χ1v) is 11.1. The second-order valence-corrected chi connectivity index (χ2v) is 9.07. The average molecular weight is 412 g/mol. The number of amides is 1. The van der Waals surface area contributed by atoms with E-state index in [4.69, 9.17) is 16.3 Å². The lowest BCUT2D eigenvalue weighted by atomic mass is 10.1. The summed E-state index contributed by atoms with van der Waals surface area (Å²) in [6, 6.07) is 12.3. The molecule has 2 aromatic rings. The highest BCUT2D eigenvalue weighted by Gasteiger charge is 2.16. The summed E-state index contributed by atoms with van der Waals surface area (Å²) >= 11 is 9.11. The quantitative estimate of drug-likeness (QED) is 0.700. The van der Waals surface area contributed by atoms with Gasteiger partial charge in [0.25, 0.3) is 0 Å². The number of hydrogen-bond acceptors (Lipinski definition) is 4. The van der Waals surface area contributed by atoms with E-state index in [0.717, 1.165) is 42.9 Å². The molecule has 1 aromatic heterocycles. The number of carbonyl (C=O) groups excluding carboxylic acids is 1. The number of ether oxygens (including phenoxy) is 1. The van der Waals surface area contributed by atoms with Crippen LogP contribution >= 0.6 is 34.7 Å². The van der Waals surface area contributed by atoms with Gasteiger partial charge in [0, 0.05) is 22.7 Å². The molecule has 7 heteroatoms. The first kappa shape index (κ1) is 19.7. The second kappa shape index (κ2) is 10.3. The number of hydrogen-bond donors (Lipinski definition) is 2. The molecule has 2 N–H and O–H groups in total. The van der Waals surface area contributed by atoms with E-state index in [1.54, 1.807) is 28.0 Å². The van der Waals surface area contributed by atoms with E-state index in [1.807, 2.05) is 18.2 Å². The molecule has 1 amide bonds. The molecule has 0 radical (unpaired) electrons. The Kier molecular flexibility index (Phi) is 7.83. The van der Waals surface area contributed by atoms with Gasteiger partial charge in [-0.1, -0.05) is 35.9 Å². The first-order chi connectivity index (χ1) is 12.7. The van der Waals surface area contributed by atoms with Crippen molar-refractivity contribution in [1.82, 2.24) is 5.32 Å². The van der Waals surface area contributed by atoms with Crippen molar-refractivity contribution in [2.75, 3.05) is 32.1 Å². The van der Waals surface area contributed by atoms with E-state index < -0.39 is 0 Å². The fourth-order valence-electron chi connectivity index (χ4n) is 2.93. The van der Waals surface area contributed by atoms with Crippen LogP contribution in [0.3, 0.4) is 0 Å². The Morgan fingerprint density at radius 1 is 1.19 bits per heavy atom. The summed E-state index contributed by atoms with van der Waals surface area (Å²) in [5.41, 5.74) is 2.51. The van der Waals surface area contributed by atoms with Crippen LogP contribution in [0.2, 0.25) is 4.34 Å². The van der Waals surface area contributed by atoms with E-state index in [2.05, 4.69) is 23.5 Å². The molecule has 0 bridgehead atoms. The van der Waals surface area contributed by atoms with Crippen molar-refractivity contribution in [2.24, 2.45) is 0 Å². The number of benzene rings is 1. The van der Waals surface area contributed by atoms with Gasteiger partial charge in [0.2, 0.25) is 5.91 Å². The SMILES string of the molecule is O=C(CSCc1ccc(Cl)s1)NCc1ccccc1C[NH+]1CCOCC1. The Hall–Kier alpha value is -1.05. The number of quaternary nitrogens is 1. The van der Waals surface area contributed by atoms with E-state index in [9.17, 15) is 4.79 Å². The molecule has 0 aliphatic carbocycles. The van der Waals surface area contributed by atoms with Crippen LogP contribution in [0, 0.1) is 0 Å². The standard InChI is InChI=1S/C19H23ClN2O2S2/c20-18-6-5-17(26-18)13-25-14-19(23)21-11-15-3-1-2-4-16(15)12-22-7-9-24-10-8-22/h1-6H,7-14H2,(H,21,23)/p+1. The molecule has 2 heterocycles. The summed E-state index contributed by atoms with van der Waals surface area (Å²) in [4.78, 5) is 14.9. The lowest BCUT2D eigenvalue weighted by Crippen LogP contribution is -3.12.